The van der Waals surface area contributed by atoms with Crippen LogP contribution in [0.5, 0.6) is 11.5 Å². The van der Waals surface area contributed by atoms with Crippen molar-refractivity contribution in [2.75, 3.05) is 13.2 Å². The van der Waals surface area contributed by atoms with Gasteiger partial charge >= 0.3 is 0 Å². The van der Waals surface area contributed by atoms with Gasteiger partial charge in [-0.25, -0.2) is 10.8 Å². The summed E-state index contributed by atoms with van der Waals surface area (Å²) in [6.45, 7) is 4.94. The number of carbonyl (C=O) groups excluding carboxylic acids is 1. The van der Waals surface area contributed by atoms with Gasteiger partial charge in [0.2, 0.25) is 0 Å². The monoisotopic (exact) mass is 307 g/mol. The molecule has 3 N–H and O–H groups in total. The van der Waals surface area contributed by atoms with Crippen LogP contribution in [0.25, 0.3) is 10.6 Å². The lowest BCUT2D eigenvalue weighted by molar-refractivity contribution is 0.0949. The Labute approximate surface area is 126 Å². The van der Waals surface area contributed by atoms with Crippen molar-refractivity contribution in [1.82, 2.24) is 10.4 Å². The lowest BCUT2D eigenvalue weighted by Crippen LogP contribution is -2.30. The van der Waals surface area contributed by atoms with Crippen LogP contribution in [0.1, 0.15) is 24.3 Å². The molecule has 21 heavy (non-hydrogen) atoms. The second-order valence-corrected chi connectivity index (χ2v) is 4.90. The molecule has 2 aromatic rings. The maximum atomic E-state index is 11.4. The molecule has 112 valence electrons. The predicted molar refractivity (Wildman–Crippen MR) is 81.5 cm³/mol. The highest BCUT2D eigenvalue weighted by molar-refractivity contribution is 7.13. The Morgan fingerprint density at radius 1 is 1.29 bits per heavy atom. The SMILES string of the molecule is CCOc1ccc(-c2nc(C(=O)NN)cs2)cc1OCC. The molecule has 6 nitrogen and oxygen atoms in total. The van der Waals surface area contributed by atoms with Crippen LogP contribution in [0, 0.1) is 0 Å². The summed E-state index contributed by atoms with van der Waals surface area (Å²) in [5.74, 6) is 6.05. The first-order valence-corrected chi connectivity index (χ1v) is 7.44. The van der Waals surface area contributed by atoms with Gasteiger partial charge in [0.1, 0.15) is 10.7 Å². The molecule has 1 aromatic heterocycles. The van der Waals surface area contributed by atoms with Gasteiger partial charge in [-0.1, -0.05) is 0 Å². The molecular formula is C14H17N3O3S. The van der Waals surface area contributed by atoms with Gasteiger partial charge in [0.05, 0.1) is 13.2 Å². The van der Waals surface area contributed by atoms with Gasteiger partial charge in [0.25, 0.3) is 5.91 Å². The molecule has 0 saturated heterocycles. The minimum Gasteiger partial charge on any atom is -0.490 e. The first-order chi connectivity index (χ1) is 10.2. The van der Waals surface area contributed by atoms with E-state index in [-0.39, 0.29) is 0 Å². The number of nitrogens with zero attached hydrogens (tertiary/aromatic N) is 1. The second kappa shape index (κ2) is 7.05. The number of ether oxygens (including phenoxy) is 2. The Morgan fingerprint density at radius 2 is 2.00 bits per heavy atom. The van der Waals surface area contributed by atoms with E-state index < -0.39 is 5.91 Å². The third kappa shape index (κ3) is 3.50. The van der Waals surface area contributed by atoms with E-state index >= 15 is 0 Å². The van der Waals surface area contributed by atoms with Crippen molar-refractivity contribution in [3.05, 3.63) is 29.3 Å². The van der Waals surface area contributed by atoms with Gasteiger partial charge in [0, 0.05) is 10.9 Å². The van der Waals surface area contributed by atoms with Crippen molar-refractivity contribution in [2.24, 2.45) is 5.84 Å². The maximum absolute atomic E-state index is 11.4. The Kier molecular flexibility index (Phi) is 5.13. The van der Waals surface area contributed by atoms with Crippen LogP contribution in [0.15, 0.2) is 23.6 Å². The number of amides is 1. The highest BCUT2D eigenvalue weighted by atomic mass is 32.1. The molecule has 1 amide bonds. The molecule has 0 aliphatic heterocycles. The Morgan fingerprint density at radius 3 is 2.67 bits per heavy atom. The van der Waals surface area contributed by atoms with E-state index in [4.69, 9.17) is 15.3 Å². The molecule has 0 aliphatic rings. The van der Waals surface area contributed by atoms with Gasteiger partial charge in [0.15, 0.2) is 11.5 Å². The van der Waals surface area contributed by atoms with E-state index in [1.165, 1.54) is 11.3 Å². The first kappa shape index (κ1) is 15.3. The molecule has 0 bridgehead atoms. The van der Waals surface area contributed by atoms with Crippen molar-refractivity contribution >= 4 is 17.2 Å². The minimum atomic E-state index is -0.409. The maximum Gasteiger partial charge on any atom is 0.284 e. The van der Waals surface area contributed by atoms with Gasteiger partial charge in [-0.15, -0.1) is 11.3 Å². The number of hydrogen-bond donors (Lipinski definition) is 2. The van der Waals surface area contributed by atoms with Crippen LogP contribution >= 0.6 is 11.3 Å². The summed E-state index contributed by atoms with van der Waals surface area (Å²) in [5.41, 5.74) is 3.22. The van der Waals surface area contributed by atoms with Crippen molar-refractivity contribution in [3.8, 4) is 22.1 Å². The molecule has 0 spiro atoms. The van der Waals surface area contributed by atoms with Crippen molar-refractivity contribution < 1.29 is 14.3 Å². The van der Waals surface area contributed by atoms with Gasteiger partial charge in [-0.05, 0) is 32.0 Å². The van der Waals surface area contributed by atoms with Crippen LogP contribution in [0.4, 0.5) is 0 Å². The summed E-state index contributed by atoms with van der Waals surface area (Å²) >= 11 is 1.37. The van der Waals surface area contributed by atoms with E-state index in [0.29, 0.717) is 30.4 Å². The number of nitrogens with two attached hydrogens (primary N) is 1. The zero-order valence-corrected chi connectivity index (χ0v) is 12.7. The van der Waals surface area contributed by atoms with E-state index in [0.717, 1.165) is 10.6 Å². The van der Waals surface area contributed by atoms with E-state index in [1.807, 2.05) is 32.0 Å². The van der Waals surface area contributed by atoms with Crippen molar-refractivity contribution in [3.63, 3.8) is 0 Å². The minimum absolute atomic E-state index is 0.296. The topological polar surface area (TPSA) is 86.5 Å². The number of nitrogens with one attached hydrogen (secondary N) is 1. The summed E-state index contributed by atoms with van der Waals surface area (Å²) in [6, 6.07) is 5.59. The Balaban J connectivity index is 2.33. The summed E-state index contributed by atoms with van der Waals surface area (Å²) in [6.07, 6.45) is 0. The molecule has 0 fully saturated rings. The van der Waals surface area contributed by atoms with Gasteiger partial charge in [-0.2, -0.15) is 0 Å². The number of thiazole rings is 1. The van der Waals surface area contributed by atoms with Crippen LogP contribution in [-0.2, 0) is 0 Å². The van der Waals surface area contributed by atoms with E-state index in [2.05, 4.69) is 10.4 Å². The normalized spacial score (nSPS) is 10.2. The van der Waals surface area contributed by atoms with Crippen LogP contribution in [0.3, 0.4) is 0 Å². The Bertz CT molecular complexity index is 628. The molecule has 1 heterocycles. The number of hydrazine groups is 1. The zero-order chi connectivity index (χ0) is 15.2. The summed E-state index contributed by atoms with van der Waals surface area (Å²) in [4.78, 5) is 15.7. The summed E-state index contributed by atoms with van der Waals surface area (Å²) < 4.78 is 11.1. The number of carbonyl (C=O) groups is 1. The fourth-order valence-electron chi connectivity index (χ4n) is 1.77. The number of aromatic nitrogens is 1. The molecule has 0 saturated carbocycles. The second-order valence-electron chi connectivity index (χ2n) is 4.04. The third-order valence-electron chi connectivity index (χ3n) is 2.66. The van der Waals surface area contributed by atoms with E-state index in [9.17, 15) is 4.79 Å². The average Bonchev–Trinajstić information content (AvgIpc) is 2.98. The Hall–Kier alpha value is -2.12. The summed E-state index contributed by atoms with van der Waals surface area (Å²) in [5, 5.41) is 2.38. The highest BCUT2D eigenvalue weighted by Gasteiger charge is 2.13. The first-order valence-electron chi connectivity index (χ1n) is 6.56. The molecular weight excluding hydrogens is 290 g/mol. The predicted octanol–water partition coefficient (Wildman–Crippen LogP) is 2.21. The smallest absolute Gasteiger partial charge is 0.284 e. The molecule has 1 aromatic carbocycles. The van der Waals surface area contributed by atoms with Crippen LogP contribution in [-0.4, -0.2) is 24.1 Å². The third-order valence-corrected chi connectivity index (χ3v) is 3.55. The van der Waals surface area contributed by atoms with Crippen LogP contribution < -0.4 is 20.7 Å². The van der Waals surface area contributed by atoms with E-state index in [1.54, 1.807) is 5.38 Å². The molecule has 0 aliphatic carbocycles. The number of hydrogen-bond acceptors (Lipinski definition) is 6. The quantitative estimate of drug-likeness (QED) is 0.485. The number of rotatable bonds is 6. The lowest BCUT2D eigenvalue weighted by atomic mass is 10.2. The van der Waals surface area contributed by atoms with Gasteiger partial charge in [-0.3, -0.25) is 10.2 Å². The van der Waals surface area contributed by atoms with Crippen molar-refractivity contribution in [1.29, 1.82) is 0 Å². The highest BCUT2D eigenvalue weighted by Crippen LogP contribution is 2.34. The largest absolute Gasteiger partial charge is 0.490 e. The molecule has 0 unspecified atom stereocenters. The standard InChI is InChI=1S/C14H17N3O3S/c1-3-19-11-6-5-9(7-12(11)20-4-2)14-16-10(8-21-14)13(18)17-15/h5-8H,3-4,15H2,1-2H3,(H,17,18). The van der Waals surface area contributed by atoms with Crippen LogP contribution in [0.2, 0.25) is 0 Å². The molecule has 7 heteroatoms. The van der Waals surface area contributed by atoms with Crippen molar-refractivity contribution in [2.45, 2.75) is 13.8 Å². The molecule has 0 atom stereocenters. The lowest BCUT2D eigenvalue weighted by Gasteiger charge is -2.11. The zero-order valence-electron chi connectivity index (χ0n) is 11.9. The summed E-state index contributed by atoms with van der Waals surface area (Å²) in [7, 11) is 0. The molecule has 2 rings (SSSR count). The van der Waals surface area contributed by atoms with Gasteiger partial charge < -0.3 is 9.47 Å². The average molecular weight is 307 g/mol. The fraction of sp³-hybridized carbons (Fsp3) is 0.286. The number of benzene rings is 1. The fourth-order valence-corrected chi connectivity index (χ4v) is 2.57. The number of nitrogen functional groups attached to an aromatic ring is 1. The molecule has 0 radical (unpaired) electrons.